The van der Waals surface area contributed by atoms with E-state index in [0.717, 1.165) is 24.1 Å². The first-order chi connectivity index (χ1) is 7.00. The molecule has 3 heteroatoms. The molecule has 1 aromatic rings. The summed E-state index contributed by atoms with van der Waals surface area (Å²) in [6.45, 7) is 6.86. The normalized spacial score (nSPS) is 10.9. The summed E-state index contributed by atoms with van der Waals surface area (Å²) in [7, 11) is 0. The van der Waals surface area contributed by atoms with E-state index in [9.17, 15) is 10.2 Å². The van der Waals surface area contributed by atoms with Crippen molar-refractivity contribution in [2.24, 2.45) is 0 Å². The smallest absolute Gasteiger partial charge is 0.160 e. The van der Waals surface area contributed by atoms with Crippen molar-refractivity contribution in [2.45, 2.75) is 33.2 Å². The van der Waals surface area contributed by atoms with Crippen molar-refractivity contribution >= 4 is 0 Å². The van der Waals surface area contributed by atoms with Gasteiger partial charge in [0.15, 0.2) is 11.5 Å². The number of aromatic hydroxyl groups is 2. The van der Waals surface area contributed by atoms with E-state index in [0.29, 0.717) is 6.04 Å². The van der Waals surface area contributed by atoms with Crippen molar-refractivity contribution in [3.05, 3.63) is 23.3 Å². The number of hydrogen-bond donors (Lipinski definition) is 3. The van der Waals surface area contributed by atoms with Crippen molar-refractivity contribution in [1.82, 2.24) is 5.32 Å². The van der Waals surface area contributed by atoms with Crippen LogP contribution in [0.3, 0.4) is 0 Å². The predicted molar refractivity (Wildman–Crippen MR) is 61.4 cm³/mol. The topological polar surface area (TPSA) is 52.5 Å². The van der Waals surface area contributed by atoms with Gasteiger partial charge in [-0.05, 0) is 37.1 Å². The third kappa shape index (κ3) is 3.44. The minimum absolute atomic E-state index is 0.0180. The molecule has 0 atom stereocenters. The number of benzene rings is 1. The van der Waals surface area contributed by atoms with Crippen LogP contribution in [0.4, 0.5) is 0 Å². The second-order valence-corrected chi connectivity index (χ2v) is 4.14. The molecule has 0 aromatic heterocycles. The highest BCUT2D eigenvalue weighted by molar-refractivity contribution is 5.46. The highest BCUT2D eigenvalue weighted by atomic mass is 16.3. The van der Waals surface area contributed by atoms with Crippen LogP contribution in [0.2, 0.25) is 0 Å². The van der Waals surface area contributed by atoms with Gasteiger partial charge in [-0.25, -0.2) is 0 Å². The second-order valence-electron chi connectivity index (χ2n) is 4.14. The summed E-state index contributed by atoms with van der Waals surface area (Å²) >= 11 is 0. The summed E-state index contributed by atoms with van der Waals surface area (Å²) in [6, 6.07) is 3.98. The zero-order valence-electron chi connectivity index (χ0n) is 9.54. The van der Waals surface area contributed by atoms with Crippen LogP contribution < -0.4 is 5.32 Å². The SMILES string of the molecule is Cc1cc(CCNC(C)C)cc(O)c1O. The quantitative estimate of drug-likeness (QED) is 0.664. The van der Waals surface area contributed by atoms with Gasteiger partial charge < -0.3 is 15.5 Å². The molecule has 0 bridgehead atoms. The lowest BCUT2D eigenvalue weighted by molar-refractivity contribution is 0.400. The summed E-state index contributed by atoms with van der Waals surface area (Å²) in [5.41, 5.74) is 1.76. The highest BCUT2D eigenvalue weighted by Gasteiger charge is 2.05. The number of hydrogen-bond acceptors (Lipinski definition) is 3. The molecule has 0 spiro atoms. The molecule has 0 amide bonds. The van der Waals surface area contributed by atoms with Crippen LogP contribution in [0.15, 0.2) is 12.1 Å². The minimum Gasteiger partial charge on any atom is -0.504 e. The molecule has 0 aliphatic heterocycles. The van der Waals surface area contributed by atoms with Crippen LogP contribution in [0.25, 0.3) is 0 Å². The van der Waals surface area contributed by atoms with Crippen LogP contribution in [0.1, 0.15) is 25.0 Å². The summed E-state index contributed by atoms with van der Waals surface area (Å²) < 4.78 is 0. The largest absolute Gasteiger partial charge is 0.504 e. The molecule has 0 aliphatic rings. The molecule has 0 heterocycles. The standard InChI is InChI=1S/C12H19NO2/c1-8(2)13-5-4-10-6-9(3)12(15)11(14)7-10/h6-8,13-15H,4-5H2,1-3H3. The van der Waals surface area contributed by atoms with Crippen molar-refractivity contribution in [1.29, 1.82) is 0 Å². The number of aryl methyl sites for hydroxylation is 1. The van der Waals surface area contributed by atoms with E-state index in [1.165, 1.54) is 0 Å². The maximum absolute atomic E-state index is 9.42. The molecular formula is C12H19NO2. The number of nitrogens with one attached hydrogen (secondary N) is 1. The first-order valence-electron chi connectivity index (χ1n) is 5.25. The average molecular weight is 209 g/mol. The first kappa shape index (κ1) is 11.9. The van der Waals surface area contributed by atoms with Crippen LogP contribution >= 0.6 is 0 Å². The fraction of sp³-hybridized carbons (Fsp3) is 0.500. The Morgan fingerprint density at radius 3 is 2.47 bits per heavy atom. The zero-order valence-corrected chi connectivity index (χ0v) is 9.54. The second kappa shape index (κ2) is 5.03. The molecule has 0 radical (unpaired) electrons. The molecule has 0 fully saturated rings. The Kier molecular flexibility index (Phi) is 3.97. The van der Waals surface area contributed by atoms with Gasteiger partial charge in [-0.3, -0.25) is 0 Å². The maximum Gasteiger partial charge on any atom is 0.160 e. The van der Waals surface area contributed by atoms with Gasteiger partial charge in [-0.15, -0.1) is 0 Å². The Bertz CT molecular complexity index is 311. The Balaban J connectivity index is 2.63. The third-order valence-corrected chi connectivity index (χ3v) is 2.31. The Hall–Kier alpha value is -1.22. The third-order valence-electron chi connectivity index (χ3n) is 2.31. The Morgan fingerprint density at radius 2 is 1.93 bits per heavy atom. The van der Waals surface area contributed by atoms with Crippen LogP contribution in [0, 0.1) is 6.92 Å². The molecule has 15 heavy (non-hydrogen) atoms. The van der Waals surface area contributed by atoms with Gasteiger partial charge >= 0.3 is 0 Å². The van der Waals surface area contributed by atoms with Gasteiger partial charge in [0.1, 0.15) is 0 Å². The van der Waals surface area contributed by atoms with E-state index >= 15 is 0 Å². The molecule has 0 saturated carbocycles. The molecule has 3 N–H and O–H groups in total. The van der Waals surface area contributed by atoms with E-state index in [1.54, 1.807) is 13.0 Å². The lowest BCUT2D eigenvalue weighted by Crippen LogP contribution is -2.24. The van der Waals surface area contributed by atoms with E-state index < -0.39 is 0 Å². The lowest BCUT2D eigenvalue weighted by atomic mass is 10.1. The van der Waals surface area contributed by atoms with Crippen LogP contribution in [0.5, 0.6) is 11.5 Å². The van der Waals surface area contributed by atoms with Gasteiger partial charge in [-0.1, -0.05) is 19.9 Å². The molecular weight excluding hydrogens is 190 g/mol. The highest BCUT2D eigenvalue weighted by Crippen LogP contribution is 2.29. The van der Waals surface area contributed by atoms with Gasteiger partial charge in [0.05, 0.1) is 0 Å². The van der Waals surface area contributed by atoms with Crippen molar-refractivity contribution in [2.75, 3.05) is 6.54 Å². The van der Waals surface area contributed by atoms with Crippen LogP contribution in [-0.2, 0) is 6.42 Å². The summed E-state index contributed by atoms with van der Waals surface area (Å²) in [6.07, 6.45) is 0.854. The van der Waals surface area contributed by atoms with Gasteiger partial charge in [0.25, 0.3) is 0 Å². The summed E-state index contributed by atoms with van der Waals surface area (Å²) in [5, 5.41) is 22.1. The van der Waals surface area contributed by atoms with Crippen molar-refractivity contribution in [3.8, 4) is 11.5 Å². The molecule has 1 rings (SSSR count). The average Bonchev–Trinajstić information content (AvgIpc) is 2.13. The molecule has 0 aliphatic carbocycles. The van der Waals surface area contributed by atoms with Gasteiger partial charge in [-0.2, -0.15) is 0 Å². The van der Waals surface area contributed by atoms with Crippen molar-refractivity contribution in [3.63, 3.8) is 0 Å². The Morgan fingerprint density at radius 1 is 1.27 bits per heavy atom. The van der Waals surface area contributed by atoms with Crippen molar-refractivity contribution < 1.29 is 10.2 Å². The lowest BCUT2D eigenvalue weighted by Gasteiger charge is -2.09. The maximum atomic E-state index is 9.42. The zero-order chi connectivity index (χ0) is 11.4. The number of rotatable bonds is 4. The van der Waals surface area contributed by atoms with Crippen LogP contribution in [-0.4, -0.2) is 22.8 Å². The van der Waals surface area contributed by atoms with Gasteiger partial charge in [0.2, 0.25) is 0 Å². The molecule has 84 valence electrons. The minimum atomic E-state index is -0.0328. The van der Waals surface area contributed by atoms with E-state index in [1.807, 2.05) is 6.07 Å². The predicted octanol–water partition coefficient (Wildman–Crippen LogP) is 1.95. The fourth-order valence-electron chi connectivity index (χ4n) is 1.48. The fourth-order valence-corrected chi connectivity index (χ4v) is 1.48. The summed E-state index contributed by atoms with van der Waals surface area (Å²) in [4.78, 5) is 0. The number of phenols is 2. The van der Waals surface area contributed by atoms with E-state index in [4.69, 9.17) is 0 Å². The van der Waals surface area contributed by atoms with Gasteiger partial charge in [0, 0.05) is 6.04 Å². The molecule has 0 saturated heterocycles. The van der Waals surface area contributed by atoms with E-state index in [2.05, 4.69) is 19.2 Å². The monoisotopic (exact) mass is 209 g/mol. The number of phenolic OH excluding ortho intramolecular Hbond substituents is 2. The molecule has 0 unspecified atom stereocenters. The molecule has 1 aromatic carbocycles. The molecule has 3 nitrogen and oxygen atoms in total. The Labute approximate surface area is 90.8 Å². The van der Waals surface area contributed by atoms with E-state index in [-0.39, 0.29) is 11.5 Å². The first-order valence-corrected chi connectivity index (χ1v) is 5.25. The summed E-state index contributed by atoms with van der Waals surface area (Å²) in [5.74, 6) is -0.0508.